The number of fused-ring (bicyclic) bond motifs is 1. The van der Waals surface area contributed by atoms with Gasteiger partial charge in [0.25, 0.3) is 0 Å². The van der Waals surface area contributed by atoms with Crippen LogP contribution in [0, 0.1) is 11.3 Å². The molecule has 0 bridgehead atoms. The maximum Gasteiger partial charge on any atom is 0.339 e. The van der Waals surface area contributed by atoms with Crippen LogP contribution in [-0.2, 0) is 14.3 Å². The van der Waals surface area contributed by atoms with Crippen molar-refractivity contribution in [3.8, 4) is 0 Å². The van der Waals surface area contributed by atoms with Gasteiger partial charge < -0.3 is 4.74 Å². The Hall–Kier alpha value is -1.97. The first-order chi connectivity index (χ1) is 9.39. The summed E-state index contributed by atoms with van der Waals surface area (Å²) < 4.78 is 5.30. The molecule has 0 saturated heterocycles. The average molecular weight is 272 g/mol. The van der Waals surface area contributed by atoms with Crippen molar-refractivity contribution in [3.63, 3.8) is 0 Å². The molecule has 0 amide bonds. The Morgan fingerprint density at radius 1 is 1.05 bits per heavy atom. The van der Waals surface area contributed by atoms with Crippen molar-refractivity contribution in [3.05, 3.63) is 35.4 Å². The van der Waals surface area contributed by atoms with Crippen molar-refractivity contribution < 1.29 is 19.1 Å². The third kappa shape index (κ3) is 1.96. The Bertz CT molecular complexity index is 595. The third-order valence-corrected chi connectivity index (χ3v) is 4.02. The number of Topliss-reactive ketones (excluding diaryl/α,β-unsaturated/α-hetero) is 2. The largest absolute Gasteiger partial charge is 0.453 e. The van der Waals surface area contributed by atoms with Gasteiger partial charge in [-0.25, -0.2) is 4.79 Å². The van der Waals surface area contributed by atoms with Crippen LogP contribution >= 0.6 is 0 Å². The normalized spacial score (nSPS) is 25.5. The van der Waals surface area contributed by atoms with Crippen molar-refractivity contribution in [1.29, 1.82) is 0 Å². The number of esters is 1. The SMILES string of the molecule is CC1(C)CC(=O)C(C2OC(=O)c3ccccc32)C(=O)C1. The Labute approximate surface area is 117 Å². The summed E-state index contributed by atoms with van der Waals surface area (Å²) in [4.78, 5) is 36.4. The summed E-state index contributed by atoms with van der Waals surface area (Å²) in [6.07, 6.45) is -0.0472. The zero-order valence-electron chi connectivity index (χ0n) is 11.5. The number of benzene rings is 1. The number of ketones is 2. The van der Waals surface area contributed by atoms with Crippen LogP contribution < -0.4 is 0 Å². The maximum atomic E-state index is 12.3. The number of carbonyl (C=O) groups is 3. The summed E-state index contributed by atoms with van der Waals surface area (Å²) in [5.74, 6) is -1.53. The first kappa shape index (κ1) is 13.0. The second-order valence-electron chi connectivity index (χ2n) is 6.34. The highest BCUT2D eigenvalue weighted by atomic mass is 16.5. The van der Waals surface area contributed by atoms with Gasteiger partial charge in [0, 0.05) is 18.4 Å². The van der Waals surface area contributed by atoms with Crippen LogP contribution in [-0.4, -0.2) is 17.5 Å². The van der Waals surface area contributed by atoms with Crippen molar-refractivity contribution in [2.75, 3.05) is 0 Å². The van der Waals surface area contributed by atoms with E-state index in [9.17, 15) is 14.4 Å². The average Bonchev–Trinajstić information content (AvgIpc) is 2.65. The van der Waals surface area contributed by atoms with Gasteiger partial charge in [-0.2, -0.15) is 0 Å². The molecule has 2 aliphatic rings. The lowest BCUT2D eigenvalue weighted by Gasteiger charge is -2.33. The van der Waals surface area contributed by atoms with Crippen LogP contribution in [0.15, 0.2) is 24.3 Å². The number of rotatable bonds is 1. The van der Waals surface area contributed by atoms with Crippen molar-refractivity contribution >= 4 is 17.5 Å². The molecule has 1 aromatic rings. The molecular weight excluding hydrogens is 256 g/mol. The second-order valence-corrected chi connectivity index (χ2v) is 6.34. The Morgan fingerprint density at radius 2 is 1.65 bits per heavy atom. The van der Waals surface area contributed by atoms with Gasteiger partial charge in [-0.05, 0) is 11.5 Å². The standard InChI is InChI=1S/C16H16O4/c1-16(2)7-11(17)13(12(18)8-16)14-9-5-3-4-6-10(9)15(19)20-14/h3-6,13-14H,7-8H2,1-2H3. The second kappa shape index (κ2) is 4.27. The lowest BCUT2D eigenvalue weighted by atomic mass is 9.69. The summed E-state index contributed by atoms with van der Waals surface area (Å²) in [5.41, 5.74) is 0.819. The molecule has 1 aliphatic heterocycles. The summed E-state index contributed by atoms with van der Waals surface area (Å²) in [5, 5.41) is 0. The Kier molecular flexibility index (Phi) is 2.78. The molecule has 0 radical (unpaired) electrons. The lowest BCUT2D eigenvalue weighted by molar-refractivity contribution is -0.144. The minimum Gasteiger partial charge on any atom is -0.453 e. The number of ether oxygens (including phenoxy) is 1. The van der Waals surface area contributed by atoms with E-state index >= 15 is 0 Å². The van der Waals surface area contributed by atoms with E-state index in [-0.39, 0.29) is 17.0 Å². The van der Waals surface area contributed by atoms with E-state index < -0.39 is 18.0 Å². The van der Waals surface area contributed by atoms with Crippen molar-refractivity contribution in [1.82, 2.24) is 0 Å². The Morgan fingerprint density at radius 3 is 2.30 bits per heavy atom. The maximum absolute atomic E-state index is 12.3. The number of hydrogen-bond acceptors (Lipinski definition) is 4. The van der Waals surface area contributed by atoms with Gasteiger partial charge in [-0.3, -0.25) is 9.59 Å². The monoisotopic (exact) mass is 272 g/mol. The molecule has 0 spiro atoms. The lowest BCUT2D eigenvalue weighted by Crippen LogP contribution is -2.40. The van der Waals surface area contributed by atoms with E-state index in [0.717, 1.165) is 0 Å². The molecule has 0 N–H and O–H groups in total. The molecule has 104 valence electrons. The van der Waals surface area contributed by atoms with Crippen LogP contribution in [0.4, 0.5) is 0 Å². The summed E-state index contributed by atoms with van der Waals surface area (Å²) >= 11 is 0. The van der Waals surface area contributed by atoms with Crippen LogP contribution in [0.5, 0.6) is 0 Å². The van der Waals surface area contributed by atoms with Gasteiger partial charge >= 0.3 is 5.97 Å². The van der Waals surface area contributed by atoms with Crippen LogP contribution in [0.2, 0.25) is 0 Å². The van der Waals surface area contributed by atoms with Gasteiger partial charge in [0.15, 0.2) is 0 Å². The van der Waals surface area contributed by atoms with E-state index in [1.807, 2.05) is 13.8 Å². The van der Waals surface area contributed by atoms with E-state index in [1.54, 1.807) is 24.3 Å². The molecule has 1 fully saturated rings. The molecule has 1 heterocycles. The zero-order valence-corrected chi connectivity index (χ0v) is 11.5. The van der Waals surface area contributed by atoms with E-state index in [0.29, 0.717) is 24.0 Å². The topological polar surface area (TPSA) is 60.4 Å². The fraction of sp³-hybridized carbons (Fsp3) is 0.438. The van der Waals surface area contributed by atoms with Crippen LogP contribution in [0.1, 0.15) is 48.7 Å². The quantitative estimate of drug-likeness (QED) is 0.582. The van der Waals surface area contributed by atoms with Gasteiger partial charge in [-0.15, -0.1) is 0 Å². The molecule has 0 aromatic heterocycles. The smallest absolute Gasteiger partial charge is 0.339 e. The van der Waals surface area contributed by atoms with Gasteiger partial charge in [-0.1, -0.05) is 32.0 Å². The Balaban J connectivity index is 1.97. The third-order valence-electron chi connectivity index (χ3n) is 4.02. The predicted octanol–water partition coefficient (Wildman–Crippen LogP) is 2.47. The van der Waals surface area contributed by atoms with E-state index in [4.69, 9.17) is 4.74 Å². The van der Waals surface area contributed by atoms with E-state index in [2.05, 4.69) is 0 Å². The molecule has 1 aliphatic carbocycles. The zero-order chi connectivity index (χ0) is 14.5. The van der Waals surface area contributed by atoms with E-state index in [1.165, 1.54) is 0 Å². The molecular formula is C16H16O4. The fourth-order valence-electron chi connectivity index (χ4n) is 3.16. The molecule has 20 heavy (non-hydrogen) atoms. The molecule has 3 rings (SSSR count). The van der Waals surface area contributed by atoms with Crippen LogP contribution in [0.3, 0.4) is 0 Å². The van der Waals surface area contributed by atoms with Crippen molar-refractivity contribution in [2.24, 2.45) is 11.3 Å². The molecule has 1 aromatic carbocycles. The van der Waals surface area contributed by atoms with Crippen LogP contribution in [0.25, 0.3) is 0 Å². The highest BCUT2D eigenvalue weighted by molar-refractivity contribution is 6.07. The summed E-state index contributed by atoms with van der Waals surface area (Å²) in [6.45, 7) is 3.82. The summed E-state index contributed by atoms with van der Waals surface area (Å²) in [6, 6.07) is 6.95. The van der Waals surface area contributed by atoms with Gasteiger partial charge in [0.2, 0.25) is 0 Å². The molecule has 1 saturated carbocycles. The van der Waals surface area contributed by atoms with Gasteiger partial charge in [0.1, 0.15) is 23.6 Å². The predicted molar refractivity (Wildman–Crippen MR) is 71.1 cm³/mol. The van der Waals surface area contributed by atoms with Crippen molar-refractivity contribution in [2.45, 2.75) is 32.8 Å². The first-order valence-corrected chi connectivity index (χ1v) is 6.74. The minimum atomic E-state index is -0.837. The highest BCUT2D eigenvalue weighted by Gasteiger charge is 2.48. The molecule has 1 atom stereocenters. The fourth-order valence-corrected chi connectivity index (χ4v) is 3.16. The molecule has 1 unspecified atom stereocenters. The minimum absolute atomic E-state index is 0.124. The summed E-state index contributed by atoms with van der Waals surface area (Å²) in [7, 11) is 0. The van der Waals surface area contributed by atoms with Gasteiger partial charge in [0.05, 0.1) is 5.56 Å². The molecule has 4 nitrogen and oxygen atoms in total. The number of cyclic esters (lactones) is 1. The highest BCUT2D eigenvalue weighted by Crippen LogP contribution is 2.43. The number of carbonyl (C=O) groups excluding carboxylic acids is 3. The first-order valence-electron chi connectivity index (χ1n) is 6.74. The molecule has 4 heteroatoms. The number of hydrogen-bond donors (Lipinski definition) is 0.